The van der Waals surface area contributed by atoms with Crippen molar-refractivity contribution >= 4 is 40.5 Å². The van der Waals surface area contributed by atoms with E-state index in [9.17, 15) is 14.7 Å². The number of hydrogen-bond donors (Lipinski definition) is 2. The summed E-state index contributed by atoms with van der Waals surface area (Å²) in [5.74, 6) is -0.965. The average molecular weight is 459 g/mol. The predicted molar refractivity (Wildman–Crippen MR) is 127 cm³/mol. The van der Waals surface area contributed by atoms with Gasteiger partial charge >= 0.3 is 5.97 Å². The van der Waals surface area contributed by atoms with Crippen LogP contribution in [0.5, 0.6) is 5.75 Å². The number of fused-ring (bicyclic) bond motifs is 1. The number of carbonyl (C=O) groups is 2. The van der Waals surface area contributed by atoms with Crippen molar-refractivity contribution < 1.29 is 19.4 Å². The zero-order valence-corrected chi connectivity index (χ0v) is 18.1. The van der Waals surface area contributed by atoms with Crippen molar-refractivity contribution in [2.75, 3.05) is 0 Å². The van der Waals surface area contributed by atoms with E-state index in [1.807, 2.05) is 30.3 Å². The maximum absolute atomic E-state index is 12.6. The van der Waals surface area contributed by atoms with Crippen LogP contribution in [-0.2, 0) is 4.79 Å². The number of rotatable bonds is 6. The minimum atomic E-state index is -1.36. The van der Waals surface area contributed by atoms with Crippen LogP contribution >= 0.6 is 11.6 Å². The van der Waals surface area contributed by atoms with E-state index in [-0.39, 0.29) is 5.75 Å². The molecule has 0 bridgehead atoms. The Bertz CT molecular complexity index is 1320. The largest absolute Gasteiger partial charge is 0.422 e. The van der Waals surface area contributed by atoms with Crippen LogP contribution in [0.25, 0.3) is 10.8 Å². The zero-order chi connectivity index (χ0) is 23.2. The molecule has 0 saturated heterocycles. The standard InChI is InChI=1S/C26H19ClN2O4/c27-20-13-10-19(11-14-20)26(32)33-23-15-12-17-6-4-5-9-21(17)22(23)16-28-29-25(31)24(30)18-7-2-1-3-8-18/h1-16,24,30H,(H,29,31). The molecule has 0 aliphatic heterocycles. The first-order valence-corrected chi connectivity index (χ1v) is 10.5. The van der Waals surface area contributed by atoms with Crippen LogP contribution < -0.4 is 10.2 Å². The molecule has 0 aromatic heterocycles. The average Bonchev–Trinajstić information content (AvgIpc) is 2.85. The number of hydrogen-bond acceptors (Lipinski definition) is 5. The smallest absolute Gasteiger partial charge is 0.343 e. The zero-order valence-electron chi connectivity index (χ0n) is 17.3. The maximum atomic E-state index is 12.6. The van der Waals surface area contributed by atoms with Gasteiger partial charge in [-0.1, -0.05) is 72.3 Å². The van der Waals surface area contributed by atoms with E-state index in [1.54, 1.807) is 60.7 Å². The summed E-state index contributed by atoms with van der Waals surface area (Å²) < 4.78 is 5.62. The molecule has 4 rings (SSSR count). The lowest BCUT2D eigenvalue weighted by Crippen LogP contribution is -2.25. The highest BCUT2D eigenvalue weighted by Crippen LogP contribution is 2.27. The summed E-state index contributed by atoms with van der Waals surface area (Å²) in [6, 6.07) is 25.9. The summed E-state index contributed by atoms with van der Waals surface area (Å²) in [5.41, 5.74) is 3.64. The number of carbonyl (C=O) groups excluding carboxylic acids is 2. The molecule has 0 fully saturated rings. The molecule has 164 valence electrons. The third kappa shape index (κ3) is 5.26. The number of aliphatic hydroxyl groups is 1. The number of benzene rings is 4. The van der Waals surface area contributed by atoms with Gasteiger partial charge in [0.05, 0.1) is 11.8 Å². The van der Waals surface area contributed by atoms with Gasteiger partial charge in [-0.25, -0.2) is 10.2 Å². The lowest BCUT2D eigenvalue weighted by Gasteiger charge is -2.11. The van der Waals surface area contributed by atoms with E-state index in [0.29, 0.717) is 21.7 Å². The van der Waals surface area contributed by atoms with Gasteiger partial charge < -0.3 is 9.84 Å². The summed E-state index contributed by atoms with van der Waals surface area (Å²) >= 11 is 5.89. The molecule has 0 saturated carbocycles. The number of esters is 1. The van der Waals surface area contributed by atoms with Gasteiger partial charge in [-0.2, -0.15) is 5.10 Å². The van der Waals surface area contributed by atoms with Crippen molar-refractivity contribution in [1.29, 1.82) is 0 Å². The van der Waals surface area contributed by atoms with E-state index in [4.69, 9.17) is 16.3 Å². The van der Waals surface area contributed by atoms with Crippen LogP contribution in [0.4, 0.5) is 0 Å². The van der Waals surface area contributed by atoms with Crippen molar-refractivity contribution in [1.82, 2.24) is 5.43 Å². The van der Waals surface area contributed by atoms with Gasteiger partial charge in [-0.15, -0.1) is 0 Å². The minimum Gasteiger partial charge on any atom is -0.422 e. The number of nitrogens with zero attached hydrogens (tertiary/aromatic N) is 1. The predicted octanol–water partition coefficient (Wildman–Crippen LogP) is 4.90. The molecule has 1 amide bonds. The second-order valence-electron chi connectivity index (χ2n) is 7.14. The number of amides is 1. The van der Waals surface area contributed by atoms with Gasteiger partial charge in [0, 0.05) is 10.6 Å². The van der Waals surface area contributed by atoms with E-state index in [0.717, 1.165) is 10.8 Å². The molecule has 1 atom stereocenters. The Morgan fingerprint density at radius 3 is 2.36 bits per heavy atom. The summed E-state index contributed by atoms with van der Waals surface area (Å²) in [6.07, 6.45) is 0.0284. The number of nitrogens with one attached hydrogen (secondary N) is 1. The summed E-state index contributed by atoms with van der Waals surface area (Å²) in [4.78, 5) is 24.9. The van der Waals surface area contributed by atoms with Crippen LogP contribution in [0.2, 0.25) is 5.02 Å². The highest BCUT2D eigenvalue weighted by Gasteiger charge is 2.17. The van der Waals surface area contributed by atoms with Crippen LogP contribution in [-0.4, -0.2) is 23.2 Å². The highest BCUT2D eigenvalue weighted by atomic mass is 35.5. The summed E-state index contributed by atoms with van der Waals surface area (Å²) in [5, 5.41) is 16.4. The number of aliphatic hydroxyl groups excluding tert-OH is 1. The number of hydrazone groups is 1. The van der Waals surface area contributed by atoms with Crippen molar-refractivity contribution in [3.8, 4) is 5.75 Å². The lowest BCUT2D eigenvalue weighted by atomic mass is 10.0. The molecule has 1 unspecified atom stereocenters. The molecule has 6 nitrogen and oxygen atoms in total. The van der Waals surface area contributed by atoms with Gasteiger partial charge in [-0.05, 0) is 46.7 Å². The fourth-order valence-electron chi connectivity index (χ4n) is 3.25. The van der Waals surface area contributed by atoms with E-state index in [1.165, 1.54) is 6.21 Å². The quantitative estimate of drug-likeness (QED) is 0.186. The van der Waals surface area contributed by atoms with Crippen molar-refractivity contribution in [2.45, 2.75) is 6.10 Å². The molecule has 4 aromatic rings. The molecule has 33 heavy (non-hydrogen) atoms. The third-order valence-corrected chi connectivity index (χ3v) is 5.20. The lowest BCUT2D eigenvalue weighted by molar-refractivity contribution is -0.129. The molecule has 4 aromatic carbocycles. The van der Waals surface area contributed by atoms with Crippen molar-refractivity contribution in [3.05, 3.63) is 113 Å². The highest BCUT2D eigenvalue weighted by molar-refractivity contribution is 6.30. The Hall–Kier alpha value is -4.00. The third-order valence-electron chi connectivity index (χ3n) is 4.95. The van der Waals surface area contributed by atoms with Crippen LogP contribution in [0.15, 0.2) is 96.1 Å². The van der Waals surface area contributed by atoms with Gasteiger partial charge in [0.25, 0.3) is 5.91 Å². The van der Waals surface area contributed by atoms with Crippen LogP contribution in [0.3, 0.4) is 0 Å². The molecule has 0 spiro atoms. The topological polar surface area (TPSA) is 88.0 Å². The van der Waals surface area contributed by atoms with E-state index >= 15 is 0 Å². The Morgan fingerprint density at radius 2 is 1.61 bits per heavy atom. The number of ether oxygens (including phenoxy) is 1. The van der Waals surface area contributed by atoms with Gasteiger partial charge in [0.15, 0.2) is 6.10 Å². The molecule has 2 N–H and O–H groups in total. The minimum absolute atomic E-state index is 0.273. The first kappa shape index (κ1) is 22.2. The first-order valence-electron chi connectivity index (χ1n) is 10.1. The van der Waals surface area contributed by atoms with E-state index in [2.05, 4.69) is 10.5 Å². The summed E-state index contributed by atoms with van der Waals surface area (Å²) in [6.45, 7) is 0. The Morgan fingerprint density at radius 1 is 0.909 bits per heavy atom. The monoisotopic (exact) mass is 458 g/mol. The molecule has 0 aliphatic carbocycles. The molecule has 0 radical (unpaired) electrons. The first-order chi connectivity index (χ1) is 16.0. The fraction of sp³-hybridized carbons (Fsp3) is 0.0385. The molecule has 0 heterocycles. The normalized spacial score (nSPS) is 11.9. The molecule has 0 aliphatic rings. The second kappa shape index (κ2) is 10.1. The molecular weight excluding hydrogens is 440 g/mol. The van der Waals surface area contributed by atoms with Crippen LogP contribution in [0, 0.1) is 0 Å². The fourth-order valence-corrected chi connectivity index (χ4v) is 3.38. The second-order valence-corrected chi connectivity index (χ2v) is 7.58. The van der Waals surface area contributed by atoms with E-state index < -0.39 is 18.0 Å². The number of halogens is 1. The SMILES string of the molecule is O=C(Oc1ccc2ccccc2c1C=NNC(=O)C(O)c1ccccc1)c1ccc(Cl)cc1. The van der Waals surface area contributed by atoms with Crippen molar-refractivity contribution in [2.24, 2.45) is 5.10 Å². The van der Waals surface area contributed by atoms with Crippen LogP contribution in [0.1, 0.15) is 27.6 Å². The molecular formula is C26H19ClN2O4. The summed E-state index contributed by atoms with van der Waals surface area (Å²) in [7, 11) is 0. The van der Waals surface area contributed by atoms with Gasteiger partial charge in [0.1, 0.15) is 5.75 Å². The Kier molecular flexibility index (Phi) is 6.78. The maximum Gasteiger partial charge on any atom is 0.343 e. The van der Waals surface area contributed by atoms with Gasteiger partial charge in [-0.3, -0.25) is 4.79 Å². The van der Waals surface area contributed by atoms with Crippen molar-refractivity contribution in [3.63, 3.8) is 0 Å². The van der Waals surface area contributed by atoms with Gasteiger partial charge in [0.2, 0.25) is 0 Å². The Balaban J connectivity index is 1.59. The molecule has 7 heteroatoms. The Labute approximate surface area is 195 Å².